The molecule has 0 aromatic heterocycles. The molecular weight excluding hydrogens is 172 g/mol. The monoisotopic (exact) mass is 192 g/mol. The fraction of sp³-hybridized carbons (Fsp3) is 0.500. The van der Waals surface area contributed by atoms with E-state index in [1.165, 1.54) is 5.56 Å². The predicted molar refractivity (Wildman–Crippen MR) is 61.1 cm³/mol. The summed E-state index contributed by atoms with van der Waals surface area (Å²) in [6.45, 7) is 2.17. The molecule has 0 fully saturated rings. The average molecular weight is 192 g/mol. The minimum atomic E-state index is 0.108. The fourth-order valence-electron chi connectivity index (χ4n) is 1.84. The van der Waals surface area contributed by atoms with Crippen LogP contribution in [0.1, 0.15) is 24.9 Å². The molecule has 2 nitrogen and oxygen atoms in total. The maximum atomic E-state index is 6.21. The van der Waals surface area contributed by atoms with Crippen molar-refractivity contribution >= 4 is 0 Å². The Morgan fingerprint density at radius 3 is 2.21 bits per heavy atom. The lowest BCUT2D eigenvalue weighted by Crippen LogP contribution is -2.37. The molecule has 2 N–H and O–H groups in total. The molecule has 1 aromatic rings. The zero-order chi connectivity index (χ0) is 10.6. The van der Waals surface area contributed by atoms with E-state index in [1.807, 2.05) is 18.2 Å². The molecule has 0 radical (unpaired) electrons. The standard InChI is InChI=1S/C12H20N2/c1-4-11(14(2)3)12(13)10-8-6-5-7-9-10/h5-9,11-12H,4,13H2,1-3H3. The molecule has 2 unspecified atom stereocenters. The molecule has 0 aliphatic rings. The Morgan fingerprint density at radius 2 is 1.79 bits per heavy atom. The Morgan fingerprint density at radius 1 is 1.21 bits per heavy atom. The van der Waals surface area contributed by atoms with Crippen LogP contribution in [0.25, 0.3) is 0 Å². The third-order valence-corrected chi connectivity index (χ3v) is 2.68. The summed E-state index contributed by atoms with van der Waals surface area (Å²) in [4.78, 5) is 2.19. The zero-order valence-electron chi connectivity index (χ0n) is 9.27. The van der Waals surface area contributed by atoms with Gasteiger partial charge in [-0.25, -0.2) is 0 Å². The van der Waals surface area contributed by atoms with Crippen LogP contribution in [0.3, 0.4) is 0 Å². The molecule has 0 amide bonds. The van der Waals surface area contributed by atoms with Gasteiger partial charge < -0.3 is 10.6 Å². The van der Waals surface area contributed by atoms with E-state index in [2.05, 4.69) is 38.1 Å². The lowest BCUT2D eigenvalue weighted by atomic mass is 9.98. The molecule has 0 heterocycles. The van der Waals surface area contributed by atoms with Crippen LogP contribution in [0.4, 0.5) is 0 Å². The molecule has 0 aliphatic heterocycles. The number of hydrogen-bond donors (Lipinski definition) is 1. The first-order valence-corrected chi connectivity index (χ1v) is 5.13. The smallest absolute Gasteiger partial charge is 0.0452 e. The molecule has 0 spiro atoms. The van der Waals surface area contributed by atoms with E-state index >= 15 is 0 Å². The normalized spacial score (nSPS) is 15.5. The van der Waals surface area contributed by atoms with Gasteiger partial charge in [-0.2, -0.15) is 0 Å². The van der Waals surface area contributed by atoms with Crippen molar-refractivity contribution in [3.05, 3.63) is 35.9 Å². The van der Waals surface area contributed by atoms with Crippen LogP contribution >= 0.6 is 0 Å². The van der Waals surface area contributed by atoms with Gasteiger partial charge in [0.05, 0.1) is 0 Å². The molecule has 0 aliphatic carbocycles. The van der Waals surface area contributed by atoms with Crippen LogP contribution in [-0.2, 0) is 0 Å². The van der Waals surface area contributed by atoms with Gasteiger partial charge in [-0.15, -0.1) is 0 Å². The predicted octanol–water partition coefficient (Wildman–Crippen LogP) is 2.03. The second-order valence-corrected chi connectivity index (χ2v) is 3.88. The molecule has 0 saturated heterocycles. The van der Waals surface area contributed by atoms with Crippen LogP contribution in [0.5, 0.6) is 0 Å². The van der Waals surface area contributed by atoms with E-state index in [4.69, 9.17) is 5.73 Å². The Labute approximate surface area is 86.7 Å². The highest BCUT2D eigenvalue weighted by atomic mass is 15.1. The van der Waals surface area contributed by atoms with Crippen LogP contribution in [0.2, 0.25) is 0 Å². The van der Waals surface area contributed by atoms with E-state index in [9.17, 15) is 0 Å². The molecule has 2 atom stereocenters. The van der Waals surface area contributed by atoms with Crippen molar-refractivity contribution in [3.8, 4) is 0 Å². The minimum absolute atomic E-state index is 0.108. The Hall–Kier alpha value is -0.860. The Balaban J connectivity index is 2.78. The van der Waals surface area contributed by atoms with Gasteiger partial charge in [0.2, 0.25) is 0 Å². The third-order valence-electron chi connectivity index (χ3n) is 2.68. The number of nitrogens with zero attached hydrogens (tertiary/aromatic N) is 1. The molecular formula is C12H20N2. The second kappa shape index (κ2) is 5.13. The summed E-state index contributed by atoms with van der Waals surface area (Å²) in [5.41, 5.74) is 7.42. The number of rotatable bonds is 4. The topological polar surface area (TPSA) is 29.3 Å². The first-order chi connectivity index (χ1) is 6.66. The molecule has 78 valence electrons. The van der Waals surface area contributed by atoms with Gasteiger partial charge in [-0.05, 0) is 26.1 Å². The quantitative estimate of drug-likeness (QED) is 0.791. The van der Waals surface area contributed by atoms with Crippen LogP contribution in [0.15, 0.2) is 30.3 Å². The number of benzene rings is 1. The first-order valence-electron chi connectivity index (χ1n) is 5.13. The molecule has 1 rings (SSSR count). The van der Waals surface area contributed by atoms with Crippen LogP contribution in [0, 0.1) is 0 Å². The van der Waals surface area contributed by atoms with Gasteiger partial charge in [0.25, 0.3) is 0 Å². The summed E-state index contributed by atoms with van der Waals surface area (Å²) >= 11 is 0. The van der Waals surface area contributed by atoms with E-state index in [1.54, 1.807) is 0 Å². The van der Waals surface area contributed by atoms with Gasteiger partial charge >= 0.3 is 0 Å². The lowest BCUT2D eigenvalue weighted by molar-refractivity contribution is 0.248. The summed E-state index contributed by atoms with van der Waals surface area (Å²) in [7, 11) is 4.16. The van der Waals surface area contributed by atoms with Crippen molar-refractivity contribution < 1.29 is 0 Å². The largest absolute Gasteiger partial charge is 0.323 e. The third kappa shape index (κ3) is 2.56. The molecule has 1 aromatic carbocycles. The van der Waals surface area contributed by atoms with Crippen molar-refractivity contribution in [2.45, 2.75) is 25.4 Å². The average Bonchev–Trinajstić information content (AvgIpc) is 2.19. The summed E-state index contributed by atoms with van der Waals surface area (Å²) in [5, 5.41) is 0. The van der Waals surface area contributed by atoms with Crippen molar-refractivity contribution in [2.24, 2.45) is 5.73 Å². The van der Waals surface area contributed by atoms with Crippen molar-refractivity contribution in [3.63, 3.8) is 0 Å². The highest BCUT2D eigenvalue weighted by Gasteiger charge is 2.18. The lowest BCUT2D eigenvalue weighted by Gasteiger charge is -2.29. The van der Waals surface area contributed by atoms with Crippen LogP contribution < -0.4 is 5.73 Å². The fourth-order valence-corrected chi connectivity index (χ4v) is 1.84. The zero-order valence-corrected chi connectivity index (χ0v) is 9.27. The van der Waals surface area contributed by atoms with Crippen molar-refractivity contribution in [1.82, 2.24) is 4.90 Å². The van der Waals surface area contributed by atoms with Gasteiger partial charge in [0.1, 0.15) is 0 Å². The maximum Gasteiger partial charge on any atom is 0.0452 e. The van der Waals surface area contributed by atoms with E-state index in [-0.39, 0.29) is 6.04 Å². The highest BCUT2D eigenvalue weighted by molar-refractivity contribution is 5.20. The van der Waals surface area contributed by atoms with E-state index in [0.717, 1.165) is 6.42 Å². The van der Waals surface area contributed by atoms with Gasteiger partial charge in [0, 0.05) is 12.1 Å². The minimum Gasteiger partial charge on any atom is -0.323 e. The summed E-state index contributed by atoms with van der Waals surface area (Å²) in [6.07, 6.45) is 1.07. The molecule has 0 bridgehead atoms. The SMILES string of the molecule is CCC(C(N)c1ccccc1)N(C)C. The van der Waals surface area contributed by atoms with Gasteiger partial charge in [0.15, 0.2) is 0 Å². The number of nitrogens with two attached hydrogens (primary N) is 1. The van der Waals surface area contributed by atoms with Crippen LogP contribution in [-0.4, -0.2) is 25.0 Å². The number of hydrogen-bond acceptors (Lipinski definition) is 2. The summed E-state index contributed by atoms with van der Waals surface area (Å²) < 4.78 is 0. The Bertz CT molecular complexity index is 256. The van der Waals surface area contributed by atoms with E-state index in [0.29, 0.717) is 6.04 Å². The second-order valence-electron chi connectivity index (χ2n) is 3.88. The number of likely N-dealkylation sites (N-methyl/N-ethyl adjacent to an activating group) is 1. The molecule has 14 heavy (non-hydrogen) atoms. The van der Waals surface area contributed by atoms with Gasteiger partial charge in [-0.1, -0.05) is 37.3 Å². The summed E-state index contributed by atoms with van der Waals surface area (Å²) in [5.74, 6) is 0. The van der Waals surface area contributed by atoms with Gasteiger partial charge in [-0.3, -0.25) is 0 Å². The van der Waals surface area contributed by atoms with Crippen molar-refractivity contribution in [2.75, 3.05) is 14.1 Å². The molecule has 0 saturated carbocycles. The first kappa shape index (κ1) is 11.2. The van der Waals surface area contributed by atoms with E-state index < -0.39 is 0 Å². The molecule has 2 heteroatoms. The van der Waals surface area contributed by atoms with Crippen molar-refractivity contribution in [1.29, 1.82) is 0 Å². The maximum absolute atomic E-state index is 6.21. The summed E-state index contributed by atoms with van der Waals surface area (Å²) in [6, 6.07) is 10.8. The Kier molecular flexibility index (Phi) is 4.11. The highest BCUT2D eigenvalue weighted by Crippen LogP contribution is 2.18.